The lowest BCUT2D eigenvalue weighted by Crippen LogP contribution is -2.23. The van der Waals surface area contributed by atoms with Gasteiger partial charge < -0.3 is 5.32 Å². The van der Waals surface area contributed by atoms with E-state index in [4.69, 9.17) is 0 Å². The second-order valence-electron chi connectivity index (χ2n) is 4.90. The molecule has 2 rings (SSSR count). The Labute approximate surface area is 91.9 Å². The van der Waals surface area contributed by atoms with Gasteiger partial charge in [-0.2, -0.15) is 5.10 Å². The number of hydrogen-bond donors (Lipinski definition) is 1. The van der Waals surface area contributed by atoms with Gasteiger partial charge in [0.25, 0.3) is 0 Å². The lowest BCUT2D eigenvalue weighted by molar-refractivity contribution is 0.346. The van der Waals surface area contributed by atoms with Crippen LogP contribution in [0.3, 0.4) is 0 Å². The molecule has 2 heterocycles. The zero-order chi connectivity index (χ0) is 10.8. The van der Waals surface area contributed by atoms with Crippen LogP contribution in [0.1, 0.15) is 31.9 Å². The zero-order valence-corrected chi connectivity index (χ0v) is 9.90. The summed E-state index contributed by atoms with van der Waals surface area (Å²) in [6.45, 7) is 6.96. The molecule has 0 aliphatic carbocycles. The highest BCUT2D eigenvalue weighted by Crippen LogP contribution is 2.34. The van der Waals surface area contributed by atoms with Gasteiger partial charge in [0.05, 0.1) is 0 Å². The number of nitrogens with one attached hydrogen (secondary N) is 1. The van der Waals surface area contributed by atoms with E-state index < -0.39 is 0 Å². The number of hydrogen-bond acceptors (Lipinski definition) is 2. The van der Waals surface area contributed by atoms with Crippen LogP contribution < -0.4 is 5.32 Å². The summed E-state index contributed by atoms with van der Waals surface area (Å²) in [7, 11) is 2.05. The lowest BCUT2D eigenvalue weighted by Gasteiger charge is -2.26. The Morgan fingerprint density at radius 3 is 2.80 bits per heavy atom. The van der Waals surface area contributed by atoms with Crippen LogP contribution in [0, 0.1) is 11.8 Å². The third kappa shape index (κ3) is 2.07. The molecule has 1 N–H and O–H groups in total. The summed E-state index contributed by atoms with van der Waals surface area (Å²) in [6.07, 6.45) is 3.21. The van der Waals surface area contributed by atoms with E-state index in [1.165, 1.54) is 18.7 Å². The highest BCUT2D eigenvalue weighted by atomic mass is 15.3. The highest BCUT2D eigenvalue weighted by molar-refractivity contribution is 5.11. The van der Waals surface area contributed by atoms with Crippen molar-refractivity contribution in [3.63, 3.8) is 0 Å². The molecule has 2 unspecified atom stereocenters. The molecule has 3 heteroatoms. The average Bonchev–Trinajstić information content (AvgIpc) is 2.79. The molecule has 1 saturated heterocycles. The number of aryl methyl sites for hydroxylation is 1. The second-order valence-corrected chi connectivity index (χ2v) is 4.90. The normalized spacial score (nSPS) is 23.6. The Morgan fingerprint density at radius 1 is 1.53 bits per heavy atom. The first kappa shape index (κ1) is 10.7. The van der Waals surface area contributed by atoms with Crippen molar-refractivity contribution in [2.24, 2.45) is 18.9 Å². The van der Waals surface area contributed by atoms with Gasteiger partial charge in [-0.3, -0.25) is 4.68 Å². The molecular weight excluding hydrogens is 186 g/mol. The Bertz CT molecular complexity index is 310. The van der Waals surface area contributed by atoms with Gasteiger partial charge in [0.15, 0.2) is 0 Å². The van der Waals surface area contributed by atoms with Crippen molar-refractivity contribution in [3.05, 3.63) is 18.0 Å². The van der Waals surface area contributed by atoms with Crippen molar-refractivity contribution in [1.82, 2.24) is 15.1 Å². The minimum Gasteiger partial charge on any atom is -0.316 e. The van der Waals surface area contributed by atoms with Crippen molar-refractivity contribution in [3.8, 4) is 0 Å². The second kappa shape index (κ2) is 4.35. The van der Waals surface area contributed by atoms with Crippen LogP contribution in [0.5, 0.6) is 0 Å². The Hall–Kier alpha value is -0.830. The van der Waals surface area contributed by atoms with E-state index in [-0.39, 0.29) is 0 Å². The molecule has 1 aliphatic rings. The van der Waals surface area contributed by atoms with E-state index in [0.29, 0.717) is 11.8 Å². The van der Waals surface area contributed by atoms with Crippen molar-refractivity contribution < 1.29 is 0 Å². The predicted molar refractivity (Wildman–Crippen MR) is 61.8 cm³/mol. The molecule has 1 fully saturated rings. The van der Waals surface area contributed by atoms with Crippen molar-refractivity contribution in [2.75, 3.05) is 13.1 Å². The molecule has 84 valence electrons. The Morgan fingerprint density at radius 2 is 2.33 bits per heavy atom. The van der Waals surface area contributed by atoms with Crippen LogP contribution in [-0.2, 0) is 7.05 Å². The molecule has 15 heavy (non-hydrogen) atoms. The van der Waals surface area contributed by atoms with E-state index >= 15 is 0 Å². The third-order valence-corrected chi connectivity index (χ3v) is 3.52. The van der Waals surface area contributed by atoms with Crippen molar-refractivity contribution >= 4 is 0 Å². The van der Waals surface area contributed by atoms with Crippen molar-refractivity contribution in [2.45, 2.75) is 26.2 Å². The van der Waals surface area contributed by atoms with Crippen LogP contribution in [-0.4, -0.2) is 22.9 Å². The van der Waals surface area contributed by atoms with Gasteiger partial charge in [-0.25, -0.2) is 0 Å². The summed E-state index contributed by atoms with van der Waals surface area (Å²) in [4.78, 5) is 0. The van der Waals surface area contributed by atoms with Crippen molar-refractivity contribution in [1.29, 1.82) is 0 Å². The molecule has 1 aromatic heterocycles. The summed E-state index contributed by atoms with van der Waals surface area (Å²) < 4.78 is 2.03. The number of aromatic nitrogens is 2. The van der Waals surface area contributed by atoms with Gasteiger partial charge in [-0.1, -0.05) is 13.8 Å². The predicted octanol–water partition coefficient (Wildman–Crippen LogP) is 1.77. The topological polar surface area (TPSA) is 29.9 Å². The molecule has 1 aromatic rings. The third-order valence-electron chi connectivity index (χ3n) is 3.52. The first-order valence-corrected chi connectivity index (χ1v) is 5.88. The first-order chi connectivity index (χ1) is 7.20. The van der Waals surface area contributed by atoms with Crippen LogP contribution in [0.15, 0.2) is 12.3 Å². The number of nitrogens with zero attached hydrogens (tertiary/aromatic N) is 2. The molecule has 3 nitrogen and oxygen atoms in total. The maximum Gasteiger partial charge on any atom is 0.0492 e. The summed E-state index contributed by atoms with van der Waals surface area (Å²) in [6, 6.07) is 2.17. The maximum absolute atomic E-state index is 4.29. The first-order valence-electron chi connectivity index (χ1n) is 5.88. The van der Waals surface area contributed by atoms with Gasteiger partial charge in [0, 0.05) is 24.9 Å². The van der Waals surface area contributed by atoms with Gasteiger partial charge >= 0.3 is 0 Å². The summed E-state index contributed by atoms with van der Waals surface area (Å²) >= 11 is 0. The molecule has 0 aromatic carbocycles. The van der Waals surface area contributed by atoms with Gasteiger partial charge in [-0.05, 0) is 37.4 Å². The molecule has 0 spiro atoms. The molecule has 2 atom stereocenters. The van der Waals surface area contributed by atoms with E-state index in [2.05, 4.69) is 30.3 Å². The lowest BCUT2D eigenvalue weighted by atomic mass is 9.80. The van der Waals surface area contributed by atoms with Crippen LogP contribution >= 0.6 is 0 Å². The average molecular weight is 207 g/mol. The highest BCUT2D eigenvalue weighted by Gasteiger charge is 2.30. The molecule has 1 aliphatic heterocycles. The fourth-order valence-corrected chi connectivity index (χ4v) is 2.82. The molecular formula is C12H21N3. The summed E-state index contributed by atoms with van der Waals surface area (Å²) in [5, 5.41) is 7.75. The minimum atomic E-state index is 0.646. The minimum absolute atomic E-state index is 0.646. The fraction of sp³-hybridized carbons (Fsp3) is 0.750. The zero-order valence-electron chi connectivity index (χ0n) is 9.90. The van der Waals surface area contributed by atoms with Gasteiger partial charge in [0.2, 0.25) is 0 Å². The monoisotopic (exact) mass is 207 g/mol. The largest absolute Gasteiger partial charge is 0.316 e. The van der Waals surface area contributed by atoms with Crippen LogP contribution in [0.4, 0.5) is 0 Å². The van der Waals surface area contributed by atoms with Gasteiger partial charge in [0.1, 0.15) is 0 Å². The molecule has 0 radical (unpaired) electrons. The van der Waals surface area contributed by atoms with Gasteiger partial charge in [-0.15, -0.1) is 0 Å². The van der Waals surface area contributed by atoms with E-state index in [1.807, 2.05) is 17.9 Å². The summed E-state index contributed by atoms with van der Waals surface area (Å²) in [5.74, 6) is 2.11. The smallest absolute Gasteiger partial charge is 0.0492 e. The van der Waals surface area contributed by atoms with E-state index in [1.54, 1.807) is 0 Å². The molecule has 0 saturated carbocycles. The van der Waals surface area contributed by atoms with Crippen LogP contribution in [0.2, 0.25) is 0 Å². The quantitative estimate of drug-likeness (QED) is 0.818. The fourth-order valence-electron chi connectivity index (χ4n) is 2.82. The Balaban J connectivity index is 2.23. The SMILES string of the molecule is CC(C)C(c1ccnn1C)C1CCNC1. The maximum atomic E-state index is 4.29. The number of rotatable bonds is 3. The Kier molecular flexibility index (Phi) is 3.10. The molecule has 0 amide bonds. The van der Waals surface area contributed by atoms with E-state index in [9.17, 15) is 0 Å². The summed E-state index contributed by atoms with van der Waals surface area (Å²) in [5.41, 5.74) is 1.39. The molecule has 0 bridgehead atoms. The standard InChI is InChI=1S/C12H21N3/c1-9(2)12(10-4-6-13-8-10)11-5-7-14-15(11)3/h5,7,9-10,12-13H,4,6,8H2,1-3H3. The van der Waals surface area contributed by atoms with E-state index in [0.717, 1.165) is 12.5 Å². The van der Waals surface area contributed by atoms with Crippen LogP contribution in [0.25, 0.3) is 0 Å².